The SMILES string of the molecule is CCOC(=O)c1ccc2c(c1)sc1nc(-c3cccc(Br)c3)cn12. The summed E-state index contributed by atoms with van der Waals surface area (Å²) in [7, 11) is 0. The van der Waals surface area contributed by atoms with Crippen LogP contribution in [0.15, 0.2) is 53.1 Å². The molecule has 0 spiro atoms. The zero-order valence-electron chi connectivity index (χ0n) is 12.8. The molecule has 4 rings (SSSR count). The van der Waals surface area contributed by atoms with E-state index >= 15 is 0 Å². The van der Waals surface area contributed by atoms with E-state index in [9.17, 15) is 4.79 Å². The minimum atomic E-state index is -0.291. The monoisotopic (exact) mass is 400 g/mol. The van der Waals surface area contributed by atoms with Gasteiger partial charge >= 0.3 is 5.97 Å². The molecule has 4 aromatic rings. The fourth-order valence-corrected chi connectivity index (χ4v) is 4.08. The lowest BCUT2D eigenvalue weighted by molar-refractivity contribution is 0.0526. The number of imidazole rings is 1. The van der Waals surface area contributed by atoms with Crippen LogP contribution in [0, 0.1) is 0 Å². The van der Waals surface area contributed by atoms with Gasteiger partial charge in [0, 0.05) is 16.2 Å². The van der Waals surface area contributed by atoms with Crippen molar-refractivity contribution in [3.8, 4) is 11.3 Å². The Bertz CT molecular complexity index is 1070. The first-order valence-electron chi connectivity index (χ1n) is 7.50. The van der Waals surface area contributed by atoms with E-state index < -0.39 is 0 Å². The van der Waals surface area contributed by atoms with Gasteiger partial charge in [0.2, 0.25) is 0 Å². The van der Waals surface area contributed by atoms with Gasteiger partial charge in [-0.1, -0.05) is 39.4 Å². The molecule has 6 heteroatoms. The number of hydrogen-bond donors (Lipinski definition) is 0. The van der Waals surface area contributed by atoms with Crippen LogP contribution < -0.4 is 0 Å². The first-order valence-corrected chi connectivity index (χ1v) is 9.11. The van der Waals surface area contributed by atoms with Crippen molar-refractivity contribution in [2.75, 3.05) is 6.61 Å². The summed E-state index contributed by atoms with van der Waals surface area (Å²) in [5, 5.41) is 0. The highest BCUT2D eigenvalue weighted by molar-refractivity contribution is 9.10. The van der Waals surface area contributed by atoms with Crippen molar-refractivity contribution >= 4 is 48.4 Å². The molecule has 0 aliphatic rings. The van der Waals surface area contributed by atoms with Crippen LogP contribution in [0.2, 0.25) is 0 Å². The van der Waals surface area contributed by atoms with Crippen LogP contribution in [-0.2, 0) is 4.74 Å². The van der Waals surface area contributed by atoms with Gasteiger partial charge < -0.3 is 4.74 Å². The highest BCUT2D eigenvalue weighted by Gasteiger charge is 2.13. The van der Waals surface area contributed by atoms with Gasteiger partial charge in [-0.3, -0.25) is 4.40 Å². The summed E-state index contributed by atoms with van der Waals surface area (Å²) in [5.41, 5.74) is 3.60. The first-order chi connectivity index (χ1) is 11.7. The van der Waals surface area contributed by atoms with Gasteiger partial charge in [-0.2, -0.15) is 0 Å². The second-order valence-corrected chi connectivity index (χ2v) is 7.22. The minimum Gasteiger partial charge on any atom is -0.462 e. The van der Waals surface area contributed by atoms with Crippen molar-refractivity contribution in [3.63, 3.8) is 0 Å². The summed E-state index contributed by atoms with van der Waals surface area (Å²) in [6, 6.07) is 13.7. The Labute approximate surface area is 150 Å². The largest absolute Gasteiger partial charge is 0.462 e. The average Bonchev–Trinajstić information content (AvgIpc) is 3.12. The molecule has 4 nitrogen and oxygen atoms in total. The maximum Gasteiger partial charge on any atom is 0.338 e. The van der Waals surface area contributed by atoms with Gasteiger partial charge in [0.1, 0.15) is 0 Å². The molecule has 2 aromatic carbocycles. The van der Waals surface area contributed by atoms with Gasteiger partial charge in [-0.05, 0) is 37.3 Å². The van der Waals surface area contributed by atoms with Crippen LogP contribution in [-0.4, -0.2) is 22.0 Å². The lowest BCUT2D eigenvalue weighted by atomic mass is 10.2. The molecule has 0 bridgehead atoms. The molecule has 0 saturated carbocycles. The van der Waals surface area contributed by atoms with E-state index in [1.165, 1.54) is 0 Å². The Morgan fingerprint density at radius 2 is 2.17 bits per heavy atom. The van der Waals surface area contributed by atoms with Crippen LogP contribution in [0.25, 0.3) is 26.4 Å². The van der Waals surface area contributed by atoms with Gasteiger partial charge in [-0.25, -0.2) is 9.78 Å². The fraction of sp³-hybridized carbons (Fsp3) is 0.111. The average molecular weight is 401 g/mol. The molecule has 0 N–H and O–H groups in total. The molecule has 0 fully saturated rings. The molecular formula is C18H13BrN2O2S. The van der Waals surface area contributed by atoms with Crippen molar-refractivity contribution in [2.24, 2.45) is 0 Å². The van der Waals surface area contributed by atoms with Crippen molar-refractivity contribution < 1.29 is 9.53 Å². The summed E-state index contributed by atoms with van der Waals surface area (Å²) in [6.45, 7) is 2.18. The number of carbonyl (C=O) groups is 1. The van der Waals surface area contributed by atoms with E-state index in [1.807, 2.05) is 42.6 Å². The summed E-state index contributed by atoms with van der Waals surface area (Å²) in [5.74, 6) is -0.291. The van der Waals surface area contributed by atoms with E-state index in [1.54, 1.807) is 24.3 Å². The molecule has 0 saturated heterocycles. The van der Waals surface area contributed by atoms with Crippen LogP contribution in [0.4, 0.5) is 0 Å². The number of ether oxygens (including phenoxy) is 1. The predicted octanol–water partition coefficient (Wildman–Crippen LogP) is 5.16. The number of benzene rings is 2. The van der Waals surface area contributed by atoms with Crippen molar-refractivity contribution in [3.05, 3.63) is 58.7 Å². The second-order valence-electron chi connectivity index (χ2n) is 5.29. The summed E-state index contributed by atoms with van der Waals surface area (Å²) >= 11 is 5.06. The van der Waals surface area contributed by atoms with Gasteiger partial charge in [0.05, 0.1) is 28.1 Å². The first kappa shape index (κ1) is 15.4. The van der Waals surface area contributed by atoms with E-state index in [0.29, 0.717) is 12.2 Å². The third kappa shape index (κ3) is 2.61. The third-order valence-electron chi connectivity index (χ3n) is 3.73. The lowest BCUT2D eigenvalue weighted by Crippen LogP contribution is -2.03. The van der Waals surface area contributed by atoms with E-state index in [2.05, 4.69) is 20.3 Å². The summed E-state index contributed by atoms with van der Waals surface area (Å²) in [4.78, 5) is 17.5. The molecule has 120 valence electrons. The maximum absolute atomic E-state index is 11.9. The van der Waals surface area contributed by atoms with Gasteiger partial charge in [-0.15, -0.1) is 0 Å². The quantitative estimate of drug-likeness (QED) is 0.446. The van der Waals surface area contributed by atoms with E-state index in [4.69, 9.17) is 9.72 Å². The van der Waals surface area contributed by atoms with E-state index in [-0.39, 0.29) is 5.97 Å². The summed E-state index contributed by atoms with van der Waals surface area (Å²) < 4.78 is 9.17. The van der Waals surface area contributed by atoms with Crippen molar-refractivity contribution in [1.82, 2.24) is 9.38 Å². The number of esters is 1. The number of thiazole rings is 1. The number of rotatable bonds is 3. The Balaban J connectivity index is 1.80. The van der Waals surface area contributed by atoms with Gasteiger partial charge in [0.15, 0.2) is 4.96 Å². The zero-order valence-corrected chi connectivity index (χ0v) is 15.2. The van der Waals surface area contributed by atoms with Crippen LogP contribution in [0.3, 0.4) is 0 Å². The Hall–Kier alpha value is -2.18. The number of halogens is 1. The third-order valence-corrected chi connectivity index (χ3v) is 5.24. The molecule has 2 aromatic heterocycles. The minimum absolute atomic E-state index is 0.291. The number of fused-ring (bicyclic) bond motifs is 3. The second kappa shape index (κ2) is 6.03. The Morgan fingerprint density at radius 1 is 1.29 bits per heavy atom. The maximum atomic E-state index is 11.9. The highest BCUT2D eigenvalue weighted by Crippen LogP contribution is 2.31. The number of carbonyl (C=O) groups excluding carboxylic acids is 1. The van der Waals surface area contributed by atoms with Crippen LogP contribution in [0.1, 0.15) is 17.3 Å². The topological polar surface area (TPSA) is 43.6 Å². The van der Waals surface area contributed by atoms with Crippen LogP contribution >= 0.6 is 27.3 Å². The lowest BCUT2D eigenvalue weighted by Gasteiger charge is -2.01. The molecule has 0 atom stereocenters. The molecular weight excluding hydrogens is 388 g/mol. The molecule has 0 aliphatic carbocycles. The normalized spacial score (nSPS) is 11.2. The number of nitrogens with zero attached hydrogens (tertiary/aromatic N) is 2. The fourth-order valence-electron chi connectivity index (χ4n) is 2.63. The molecule has 24 heavy (non-hydrogen) atoms. The molecule has 0 aliphatic heterocycles. The summed E-state index contributed by atoms with van der Waals surface area (Å²) in [6.07, 6.45) is 2.03. The van der Waals surface area contributed by atoms with Crippen molar-refractivity contribution in [1.29, 1.82) is 0 Å². The number of aromatic nitrogens is 2. The standard InChI is InChI=1S/C18H13BrN2O2S/c1-2-23-17(22)12-6-7-15-16(9-12)24-18-20-14(10-21(15)18)11-4-3-5-13(19)8-11/h3-10H,2H2,1H3. The molecule has 2 heterocycles. The Kier molecular flexibility index (Phi) is 3.86. The highest BCUT2D eigenvalue weighted by atomic mass is 79.9. The van der Waals surface area contributed by atoms with Crippen molar-refractivity contribution in [2.45, 2.75) is 6.92 Å². The van der Waals surface area contributed by atoms with Gasteiger partial charge in [0.25, 0.3) is 0 Å². The molecule has 0 radical (unpaired) electrons. The van der Waals surface area contributed by atoms with E-state index in [0.717, 1.165) is 30.9 Å². The van der Waals surface area contributed by atoms with Crippen LogP contribution in [0.5, 0.6) is 0 Å². The Morgan fingerprint density at radius 3 is 2.96 bits per heavy atom. The molecule has 0 amide bonds. The smallest absolute Gasteiger partial charge is 0.338 e. The number of hydrogen-bond acceptors (Lipinski definition) is 4. The molecule has 0 unspecified atom stereocenters. The zero-order chi connectivity index (χ0) is 16.7. The predicted molar refractivity (Wildman–Crippen MR) is 99.7 cm³/mol.